The van der Waals surface area contributed by atoms with Crippen molar-refractivity contribution < 1.29 is 21.6 Å². The maximum atomic E-state index is 12.7. The number of hydrogen-bond donors (Lipinski definition) is 3. The van der Waals surface area contributed by atoms with Gasteiger partial charge in [0.2, 0.25) is 10.0 Å². The topological polar surface area (TPSA) is 121 Å². The summed E-state index contributed by atoms with van der Waals surface area (Å²) in [6, 6.07) is 20.3. The number of benzene rings is 3. The summed E-state index contributed by atoms with van der Waals surface area (Å²) < 4.78 is 53.2. The molecule has 3 aromatic rings. The van der Waals surface area contributed by atoms with E-state index in [1.807, 2.05) is 0 Å². The molecule has 3 rings (SSSR count). The van der Waals surface area contributed by atoms with Crippen molar-refractivity contribution in [1.29, 1.82) is 0 Å². The Morgan fingerprint density at radius 3 is 2.00 bits per heavy atom. The summed E-state index contributed by atoms with van der Waals surface area (Å²) in [5.74, 6) is -0.424. The van der Waals surface area contributed by atoms with Crippen LogP contribution in [0.15, 0.2) is 83.8 Å². The number of hydrogen-bond acceptors (Lipinski definition) is 5. The van der Waals surface area contributed by atoms with Gasteiger partial charge in [-0.2, -0.15) is 0 Å². The van der Waals surface area contributed by atoms with Crippen molar-refractivity contribution in [3.8, 4) is 0 Å². The van der Waals surface area contributed by atoms with Crippen molar-refractivity contribution in [3.63, 3.8) is 0 Å². The predicted molar refractivity (Wildman–Crippen MR) is 124 cm³/mol. The van der Waals surface area contributed by atoms with E-state index in [0.29, 0.717) is 16.9 Å². The van der Waals surface area contributed by atoms with Crippen molar-refractivity contribution in [2.24, 2.45) is 0 Å². The van der Waals surface area contributed by atoms with Crippen LogP contribution in [0, 0.1) is 0 Å². The maximum absolute atomic E-state index is 12.7. The van der Waals surface area contributed by atoms with Crippen LogP contribution in [0.1, 0.15) is 28.9 Å². The number of carbonyl (C=O) groups is 1. The lowest BCUT2D eigenvalue weighted by atomic mass is 10.1. The lowest BCUT2D eigenvalue weighted by Crippen LogP contribution is -2.27. The number of para-hydroxylation sites is 2. The Bertz CT molecular complexity index is 1310. The molecular formula is C22H23N3O5S2. The molecule has 0 aromatic heterocycles. The molecule has 168 valence electrons. The lowest BCUT2D eigenvalue weighted by molar-refractivity contribution is 0.0940. The normalized spacial score (nSPS) is 12.6. The van der Waals surface area contributed by atoms with Gasteiger partial charge in [0.1, 0.15) is 0 Å². The van der Waals surface area contributed by atoms with Gasteiger partial charge in [0, 0.05) is 11.3 Å². The lowest BCUT2D eigenvalue weighted by Gasteiger charge is -2.18. The molecule has 0 saturated heterocycles. The average Bonchev–Trinajstić information content (AvgIpc) is 2.73. The molecule has 0 aliphatic carbocycles. The second kappa shape index (κ2) is 9.41. The van der Waals surface area contributed by atoms with Gasteiger partial charge in [0.15, 0.2) is 0 Å². The Kier molecular flexibility index (Phi) is 6.85. The van der Waals surface area contributed by atoms with Gasteiger partial charge in [0.25, 0.3) is 15.9 Å². The van der Waals surface area contributed by atoms with E-state index < -0.39 is 32.0 Å². The molecule has 0 aliphatic heterocycles. The third-order valence-electron chi connectivity index (χ3n) is 4.52. The number of amides is 1. The zero-order valence-electron chi connectivity index (χ0n) is 17.4. The smallest absolute Gasteiger partial charge is 0.261 e. The van der Waals surface area contributed by atoms with Crippen molar-refractivity contribution in [2.75, 3.05) is 15.7 Å². The summed E-state index contributed by atoms with van der Waals surface area (Å²) in [5, 5.41) is 2.80. The Balaban J connectivity index is 1.73. The van der Waals surface area contributed by atoms with Gasteiger partial charge in [-0.3, -0.25) is 14.2 Å². The van der Waals surface area contributed by atoms with E-state index in [-0.39, 0.29) is 10.5 Å². The van der Waals surface area contributed by atoms with Crippen LogP contribution in [0.25, 0.3) is 0 Å². The third-order valence-corrected chi connectivity index (χ3v) is 6.51. The van der Waals surface area contributed by atoms with E-state index >= 15 is 0 Å². The summed E-state index contributed by atoms with van der Waals surface area (Å²) >= 11 is 0. The fourth-order valence-corrected chi connectivity index (χ4v) is 4.67. The summed E-state index contributed by atoms with van der Waals surface area (Å²) in [7, 11) is -7.27. The minimum absolute atomic E-state index is 0.0219. The number of nitrogens with one attached hydrogen (secondary N) is 3. The molecule has 0 spiro atoms. The molecule has 1 amide bonds. The van der Waals surface area contributed by atoms with E-state index in [4.69, 9.17) is 0 Å². The Labute approximate surface area is 187 Å². The second-order valence-electron chi connectivity index (χ2n) is 7.15. The molecule has 32 heavy (non-hydrogen) atoms. The van der Waals surface area contributed by atoms with Gasteiger partial charge in [0.05, 0.1) is 22.9 Å². The second-order valence-corrected chi connectivity index (χ2v) is 10.6. The van der Waals surface area contributed by atoms with Crippen LogP contribution >= 0.6 is 0 Å². The van der Waals surface area contributed by atoms with Crippen LogP contribution in [-0.2, 0) is 20.0 Å². The average molecular weight is 474 g/mol. The highest BCUT2D eigenvalue weighted by molar-refractivity contribution is 7.92. The highest BCUT2D eigenvalue weighted by Crippen LogP contribution is 2.24. The molecular weight excluding hydrogens is 450 g/mol. The van der Waals surface area contributed by atoms with Crippen LogP contribution in [-0.4, -0.2) is 29.0 Å². The summed E-state index contributed by atoms with van der Waals surface area (Å²) in [6.45, 7) is 1.73. The van der Waals surface area contributed by atoms with Crippen molar-refractivity contribution in [3.05, 3.63) is 90.0 Å². The highest BCUT2D eigenvalue weighted by atomic mass is 32.2. The van der Waals surface area contributed by atoms with E-state index in [0.717, 1.165) is 6.26 Å². The van der Waals surface area contributed by atoms with E-state index in [1.54, 1.807) is 61.5 Å². The van der Waals surface area contributed by atoms with Crippen LogP contribution in [0.5, 0.6) is 0 Å². The number of carbonyl (C=O) groups excluding carboxylic acids is 1. The SMILES string of the molecule is CC(NC(=O)c1ccc(S(=O)(=O)Nc2ccccc2)cc1)c1ccccc1NS(C)(=O)=O. The van der Waals surface area contributed by atoms with Crippen LogP contribution in [0.2, 0.25) is 0 Å². The predicted octanol–water partition coefficient (Wildman–Crippen LogP) is 3.35. The van der Waals surface area contributed by atoms with Gasteiger partial charge in [-0.25, -0.2) is 16.8 Å². The molecule has 3 N–H and O–H groups in total. The van der Waals surface area contributed by atoms with Crippen LogP contribution in [0.4, 0.5) is 11.4 Å². The first-order valence-electron chi connectivity index (χ1n) is 9.61. The Morgan fingerprint density at radius 2 is 1.38 bits per heavy atom. The van der Waals surface area contributed by atoms with Gasteiger partial charge >= 0.3 is 0 Å². The van der Waals surface area contributed by atoms with Crippen LogP contribution in [0.3, 0.4) is 0 Å². The molecule has 0 saturated carbocycles. The molecule has 3 aromatic carbocycles. The standard InChI is InChI=1S/C22H23N3O5S2/c1-16(20-10-6-7-11-21(20)25-31(2,27)28)23-22(26)17-12-14-19(15-13-17)32(29,30)24-18-8-4-3-5-9-18/h3-16,24-25H,1-2H3,(H,23,26). The minimum Gasteiger partial charge on any atom is -0.345 e. The number of sulfonamides is 2. The first kappa shape index (κ1) is 23.3. The van der Waals surface area contributed by atoms with Crippen LogP contribution < -0.4 is 14.8 Å². The monoisotopic (exact) mass is 473 g/mol. The van der Waals surface area contributed by atoms with Crippen molar-refractivity contribution in [2.45, 2.75) is 17.9 Å². The molecule has 1 atom stereocenters. The quantitative estimate of drug-likeness (QED) is 0.463. The first-order valence-corrected chi connectivity index (χ1v) is 13.0. The molecule has 0 bridgehead atoms. The van der Waals surface area contributed by atoms with Gasteiger partial charge in [-0.05, 0) is 55.0 Å². The summed E-state index contributed by atoms with van der Waals surface area (Å²) in [6.07, 6.45) is 1.05. The van der Waals surface area contributed by atoms with E-state index in [2.05, 4.69) is 14.8 Å². The molecule has 8 nitrogen and oxygen atoms in total. The fourth-order valence-electron chi connectivity index (χ4n) is 3.03. The van der Waals surface area contributed by atoms with Gasteiger partial charge in [-0.15, -0.1) is 0 Å². The van der Waals surface area contributed by atoms with Crippen molar-refractivity contribution in [1.82, 2.24) is 5.32 Å². The minimum atomic E-state index is -3.79. The maximum Gasteiger partial charge on any atom is 0.261 e. The van der Waals surface area contributed by atoms with Gasteiger partial charge in [-0.1, -0.05) is 36.4 Å². The largest absolute Gasteiger partial charge is 0.345 e. The Morgan fingerprint density at radius 1 is 0.781 bits per heavy atom. The fraction of sp³-hybridized carbons (Fsp3) is 0.136. The first-order chi connectivity index (χ1) is 15.0. The Hall–Kier alpha value is -3.37. The van der Waals surface area contributed by atoms with Gasteiger partial charge < -0.3 is 5.32 Å². The zero-order valence-corrected chi connectivity index (χ0v) is 19.1. The van der Waals surface area contributed by atoms with E-state index in [9.17, 15) is 21.6 Å². The number of anilines is 2. The zero-order chi connectivity index (χ0) is 23.4. The molecule has 10 heteroatoms. The third kappa shape index (κ3) is 6.08. The molecule has 0 radical (unpaired) electrons. The molecule has 0 heterocycles. The van der Waals surface area contributed by atoms with Crippen molar-refractivity contribution >= 4 is 37.3 Å². The summed E-state index contributed by atoms with van der Waals surface area (Å²) in [4.78, 5) is 12.7. The molecule has 0 aliphatic rings. The summed E-state index contributed by atoms with van der Waals surface area (Å²) in [5.41, 5.74) is 1.67. The van der Waals surface area contributed by atoms with E-state index in [1.165, 1.54) is 24.3 Å². The molecule has 1 unspecified atom stereocenters. The number of rotatable bonds is 8. The molecule has 0 fully saturated rings. The highest BCUT2D eigenvalue weighted by Gasteiger charge is 2.18.